The van der Waals surface area contributed by atoms with E-state index in [-0.39, 0.29) is 0 Å². The van der Waals surface area contributed by atoms with Crippen LogP contribution >= 0.6 is 0 Å². The third kappa shape index (κ3) is 2.50. The smallest absolute Gasteiger partial charge is 0.114 e. The summed E-state index contributed by atoms with van der Waals surface area (Å²) in [6, 6.07) is 11.0. The molecule has 3 heteroatoms. The van der Waals surface area contributed by atoms with Crippen molar-refractivity contribution in [3.05, 3.63) is 35.9 Å². The van der Waals surface area contributed by atoms with Crippen molar-refractivity contribution >= 4 is 0 Å². The van der Waals surface area contributed by atoms with Gasteiger partial charge in [0.15, 0.2) is 0 Å². The lowest BCUT2D eigenvalue weighted by Crippen LogP contribution is -2.49. The van der Waals surface area contributed by atoms with Crippen molar-refractivity contribution in [2.24, 2.45) is 0 Å². The Hall–Kier alpha value is -0.930. The van der Waals surface area contributed by atoms with Gasteiger partial charge in [-0.2, -0.15) is 0 Å². The molecule has 2 atom stereocenters. The summed E-state index contributed by atoms with van der Waals surface area (Å²) in [6.45, 7) is 4.78. The maximum absolute atomic E-state index is 13.3. The summed E-state index contributed by atoms with van der Waals surface area (Å²) in [4.78, 5) is 4.76. The van der Waals surface area contributed by atoms with Crippen LogP contribution in [-0.4, -0.2) is 48.2 Å². The van der Waals surface area contributed by atoms with E-state index in [4.69, 9.17) is 0 Å². The lowest BCUT2D eigenvalue weighted by Gasteiger charge is -2.37. The molecule has 3 rings (SSSR count). The van der Waals surface area contributed by atoms with Gasteiger partial charge in [0.1, 0.15) is 6.17 Å². The lowest BCUT2D eigenvalue weighted by atomic mass is 10.1. The molecular weight excluding hydrogens is 215 g/mol. The largest absolute Gasteiger partial charge is 0.296 e. The first-order valence-corrected chi connectivity index (χ1v) is 6.45. The number of nitrogens with zero attached hydrogens (tertiary/aromatic N) is 2. The summed E-state index contributed by atoms with van der Waals surface area (Å²) in [5.41, 5.74) is 1.36. The molecule has 2 nitrogen and oxygen atoms in total. The number of piperazine rings is 1. The van der Waals surface area contributed by atoms with Crippen molar-refractivity contribution in [1.82, 2.24) is 9.80 Å². The molecule has 2 aliphatic rings. The summed E-state index contributed by atoms with van der Waals surface area (Å²) >= 11 is 0. The second-order valence-electron chi connectivity index (χ2n) is 5.20. The Morgan fingerprint density at radius 3 is 2.76 bits per heavy atom. The first-order valence-electron chi connectivity index (χ1n) is 6.45. The number of hydrogen-bond acceptors (Lipinski definition) is 2. The molecule has 0 aromatic heterocycles. The molecular formula is C14H19FN2. The third-order valence-corrected chi connectivity index (χ3v) is 3.90. The van der Waals surface area contributed by atoms with Gasteiger partial charge in [-0.1, -0.05) is 30.3 Å². The topological polar surface area (TPSA) is 6.48 Å². The minimum atomic E-state index is -0.600. The molecule has 0 saturated carbocycles. The first kappa shape index (κ1) is 11.2. The lowest BCUT2D eigenvalue weighted by molar-refractivity contribution is 0.0987. The third-order valence-electron chi connectivity index (χ3n) is 3.90. The normalized spacial score (nSPS) is 30.4. The van der Waals surface area contributed by atoms with E-state index in [1.807, 2.05) is 6.07 Å². The van der Waals surface area contributed by atoms with Crippen LogP contribution in [0.4, 0.5) is 4.39 Å². The first-order chi connectivity index (χ1) is 8.31. The molecule has 2 aliphatic heterocycles. The molecule has 17 heavy (non-hydrogen) atoms. The van der Waals surface area contributed by atoms with Crippen LogP contribution in [0.25, 0.3) is 0 Å². The van der Waals surface area contributed by atoms with Crippen molar-refractivity contribution in [2.45, 2.75) is 25.2 Å². The number of hydrogen-bond donors (Lipinski definition) is 0. The second-order valence-corrected chi connectivity index (χ2v) is 5.20. The van der Waals surface area contributed by atoms with Crippen molar-refractivity contribution in [3.63, 3.8) is 0 Å². The minimum absolute atomic E-state index is 0.447. The van der Waals surface area contributed by atoms with Crippen LogP contribution in [-0.2, 0) is 6.54 Å². The summed E-state index contributed by atoms with van der Waals surface area (Å²) in [7, 11) is 0. The number of alkyl halides is 1. The number of fused-ring (bicyclic) bond motifs is 1. The molecule has 0 aliphatic carbocycles. The molecule has 0 spiro atoms. The Kier molecular flexibility index (Phi) is 3.12. The summed E-state index contributed by atoms with van der Waals surface area (Å²) < 4.78 is 13.3. The quantitative estimate of drug-likeness (QED) is 0.771. The number of benzene rings is 1. The molecule has 0 amide bonds. The summed E-state index contributed by atoms with van der Waals surface area (Å²) in [6.07, 6.45) is 0.127. The minimum Gasteiger partial charge on any atom is -0.296 e. The molecule has 2 fully saturated rings. The van der Waals surface area contributed by atoms with Gasteiger partial charge in [-0.3, -0.25) is 9.80 Å². The molecule has 2 saturated heterocycles. The molecule has 0 radical (unpaired) electrons. The van der Waals surface area contributed by atoms with E-state index in [0.29, 0.717) is 12.6 Å². The van der Waals surface area contributed by atoms with Crippen LogP contribution in [0.1, 0.15) is 12.0 Å². The van der Waals surface area contributed by atoms with E-state index in [0.717, 1.165) is 32.6 Å². The Bertz CT molecular complexity index is 368. The van der Waals surface area contributed by atoms with Crippen LogP contribution in [0.2, 0.25) is 0 Å². The van der Waals surface area contributed by atoms with Gasteiger partial charge in [0.2, 0.25) is 0 Å². The van der Waals surface area contributed by atoms with Crippen molar-refractivity contribution in [3.8, 4) is 0 Å². The Balaban J connectivity index is 1.60. The molecule has 0 bridgehead atoms. The van der Waals surface area contributed by atoms with Gasteiger partial charge in [-0.15, -0.1) is 0 Å². The molecule has 0 unspecified atom stereocenters. The van der Waals surface area contributed by atoms with E-state index in [1.54, 1.807) is 0 Å². The van der Waals surface area contributed by atoms with E-state index in [9.17, 15) is 4.39 Å². The van der Waals surface area contributed by atoms with Crippen LogP contribution in [0, 0.1) is 0 Å². The summed E-state index contributed by atoms with van der Waals surface area (Å²) in [5, 5.41) is 0. The van der Waals surface area contributed by atoms with E-state index >= 15 is 0 Å². The molecule has 1 aromatic rings. The van der Waals surface area contributed by atoms with Crippen molar-refractivity contribution in [1.29, 1.82) is 0 Å². The summed E-state index contributed by atoms with van der Waals surface area (Å²) in [5.74, 6) is 0. The van der Waals surface area contributed by atoms with Crippen LogP contribution in [0.3, 0.4) is 0 Å². The van der Waals surface area contributed by atoms with E-state index < -0.39 is 6.17 Å². The van der Waals surface area contributed by atoms with Crippen LogP contribution in [0.15, 0.2) is 30.3 Å². The SMILES string of the molecule is F[C@H]1C[C@@H]2CN(Cc3ccccc3)CCN2C1. The molecule has 1 aromatic carbocycles. The fourth-order valence-corrected chi connectivity index (χ4v) is 3.03. The van der Waals surface area contributed by atoms with E-state index in [2.05, 4.69) is 34.1 Å². The van der Waals surface area contributed by atoms with Crippen molar-refractivity contribution in [2.75, 3.05) is 26.2 Å². The van der Waals surface area contributed by atoms with Crippen molar-refractivity contribution < 1.29 is 4.39 Å². The highest BCUT2D eigenvalue weighted by Gasteiger charge is 2.35. The average molecular weight is 234 g/mol. The second kappa shape index (κ2) is 4.75. The van der Waals surface area contributed by atoms with Gasteiger partial charge in [0.25, 0.3) is 0 Å². The zero-order valence-electron chi connectivity index (χ0n) is 10.1. The monoisotopic (exact) mass is 234 g/mol. The van der Waals surface area contributed by atoms with Gasteiger partial charge in [-0.25, -0.2) is 4.39 Å². The predicted octanol–water partition coefficient (Wildman–Crippen LogP) is 1.91. The number of rotatable bonds is 2. The standard InChI is InChI=1S/C14H19FN2/c15-13-8-14-11-16(6-7-17(14)10-13)9-12-4-2-1-3-5-12/h1-5,13-14H,6-11H2/t13-,14+/m0/s1. The highest BCUT2D eigenvalue weighted by Crippen LogP contribution is 2.24. The average Bonchev–Trinajstić information content (AvgIpc) is 2.70. The fraction of sp³-hybridized carbons (Fsp3) is 0.571. The molecule has 92 valence electrons. The fourth-order valence-electron chi connectivity index (χ4n) is 3.03. The zero-order chi connectivity index (χ0) is 11.7. The van der Waals surface area contributed by atoms with E-state index in [1.165, 1.54) is 5.56 Å². The molecule has 0 N–H and O–H groups in total. The van der Waals surface area contributed by atoms with Gasteiger partial charge >= 0.3 is 0 Å². The van der Waals surface area contributed by atoms with Gasteiger partial charge in [-0.05, 0) is 12.0 Å². The van der Waals surface area contributed by atoms with Gasteiger partial charge < -0.3 is 0 Å². The highest BCUT2D eigenvalue weighted by molar-refractivity contribution is 5.14. The van der Waals surface area contributed by atoms with Gasteiger partial charge in [0, 0.05) is 38.8 Å². The Labute approximate surface area is 102 Å². The number of halogens is 1. The zero-order valence-corrected chi connectivity index (χ0v) is 10.1. The maximum Gasteiger partial charge on any atom is 0.114 e. The highest BCUT2D eigenvalue weighted by atomic mass is 19.1. The van der Waals surface area contributed by atoms with Crippen LogP contribution < -0.4 is 0 Å². The maximum atomic E-state index is 13.3. The predicted molar refractivity (Wildman–Crippen MR) is 66.6 cm³/mol. The van der Waals surface area contributed by atoms with Crippen LogP contribution in [0.5, 0.6) is 0 Å². The van der Waals surface area contributed by atoms with Gasteiger partial charge in [0.05, 0.1) is 0 Å². The molecule has 2 heterocycles. The Morgan fingerprint density at radius 1 is 1.12 bits per heavy atom. The Morgan fingerprint density at radius 2 is 1.94 bits per heavy atom.